The number of carbonyl (C=O) groups excluding carboxylic acids is 1. The van der Waals surface area contributed by atoms with E-state index in [1.54, 1.807) is 12.1 Å². The number of pyridine rings is 1. The van der Waals surface area contributed by atoms with Crippen LogP contribution in [0.4, 0.5) is 4.79 Å². The maximum atomic E-state index is 10.9. The zero-order chi connectivity index (χ0) is 12.3. The van der Waals surface area contributed by atoms with Crippen LogP contribution in [0.5, 0.6) is 0 Å². The Balaban J connectivity index is 3.01. The molecule has 88 valence electrons. The van der Waals surface area contributed by atoms with Crippen LogP contribution in [0.25, 0.3) is 0 Å². The number of carbonyl (C=O) groups is 1. The minimum atomic E-state index is -0.821. The second-order valence-corrected chi connectivity index (χ2v) is 4.67. The van der Waals surface area contributed by atoms with Gasteiger partial charge in [-0.15, -0.1) is 0 Å². The molecule has 0 bridgehead atoms. The maximum absolute atomic E-state index is 10.9. The minimum Gasteiger partial charge on any atom is -0.619 e. The lowest BCUT2D eigenvalue weighted by Crippen LogP contribution is -2.29. The zero-order valence-corrected chi connectivity index (χ0v) is 9.64. The highest BCUT2D eigenvalue weighted by atomic mass is 16.6. The van der Waals surface area contributed by atoms with Crippen LogP contribution in [-0.2, 0) is 4.74 Å². The first kappa shape index (κ1) is 12.3. The van der Waals surface area contributed by atoms with Crippen molar-refractivity contribution >= 4 is 6.09 Å². The first-order valence-corrected chi connectivity index (χ1v) is 4.95. The van der Waals surface area contributed by atoms with Gasteiger partial charge in [0.15, 0.2) is 12.4 Å². The van der Waals surface area contributed by atoms with Gasteiger partial charge in [-0.25, -0.2) is 4.79 Å². The number of nitrogens with two attached hydrogens (primary N) is 1. The zero-order valence-electron chi connectivity index (χ0n) is 9.64. The van der Waals surface area contributed by atoms with Gasteiger partial charge in [0, 0.05) is 23.1 Å². The molecule has 1 heterocycles. The third-order valence-electron chi connectivity index (χ3n) is 2.15. The van der Waals surface area contributed by atoms with Crippen molar-refractivity contribution in [3.05, 3.63) is 35.3 Å². The molecule has 0 aliphatic heterocycles. The van der Waals surface area contributed by atoms with Crippen molar-refractivity contribution in [1.29, 1.82) is 0 Å². The number of hydrogen-bond acceptors (Lipinski definition) is 3. The van der Waals surface area contributed by atoms with E-state index in [0.717, 1.165) is 5.56 Å². The molecule has 1 amide bonds. The van der Waals surface area contributed by atoms with Gasteiger partial charge in [-0.1, -0.05) is 20.8 Å². The molecule has 1 unspecified atom stereocenters. The van der Waals surface area contributed by atoms with E-state index < -0.39 is 12.2 Å². The van der Waals surface area contributed by atoms with Gasteiger partial charge < -0.3 is 15.7 Å². The van der Waals surface area contributed by atoms with Crippen molar-refractivity contribution in [2.75, 3.05) is 0 Å². The van der Waals surface area contributed by atoms with E-state index >= 15 is 0 Å². The predicted octanol–water partition coefficient (Wildman–Crippen LogP) is 1.50. The highest BCUT2D eigenvalue weighted by molar-refractivity contribution is 5.65. The van der Waals surface area contributed by atoms with Crippen LogP contribution in [0.3, 0.4) is 0 Å². The lowest BCUT2D eigenvalue weighted by Gasteiger charge is -2.29. The Kier molecular flexibility index (Phi) is 3.37. The van der Waals surface area contributed by atoms with Crippen molar-refractivity contribution in [1.82, 2.24) is 0 Å². The normalized spacial score (nSPS) is 13.2. The molecule has 0 aliphatic carbocycles. The van der Waals surface area contributed by atoms with Crippen molar-refractivity contribution in [2.24, 2.45) is 11.1 Å². The van der Waals surface area contributed by atoms with Crippen molar-refractivity contribution < 1.29 is 14.3 Å². The second kappa shape index (κ2) is 4.38. The van der Waals surface area contributed by atoms with Crippen LogP contribution in [0.1, 0.15) is 32.4 Å². The molecule has 1 aromatic rings. The Labute approximate surface area is 94.4 Å². The van der Waals surface area contributed by atoms with Gasteiger partial charge in [0.2, 0.25) is 0 Å². The number of primary amides is 1. The summed E-state index contributed by atoms with van der Waals surface area (Å²) in [5, 5.41) is 10.9. The molecule has 1 atom stereocenters. The SMILES string of the molecule is CC(C)(C)C(OC(N)=O)c1cc[n+]([O-])cc1. The van der Waals surface area contributed by atoms with Crippen LogP contribution in [0.15, 0.2) is 24.5 Å². The molecule has 0 fully saturated rings. The van der Waals surface area contributed by atoms with Crippen LogP contribution in [0, 0.1) is 10.6 Å². The van der Waals surface area contributed by atoms with E-state index in [0.29, 0.717) is 4.73 Å². The van der Waals surface area contributed by atoms with E-state index in [1.165, 1.54) is 12.4 Å². The highest BCUT2D eigenvalue weighted by Crippen LogP contribution is 2.35. The van der Waals surface area contributed by atoms with E-state index in [2.05, 4.69) is 0 Å². The lowest BCUT2D eigenvalue weighted by molar-refractivity contribution is -0.605. The quantitative estimate of drug-likeness (QED) is 0.610. The predicted molar refractivity (Wildman–Crippen MR) is 58.3 cm³/mol. The topological polar surface area (TPSA) is 79.3 Å². The first-order valence-electron chi connectivity index (χ1n) is 4.95. The van der Waals surface area contributed by atoms with Crippen LogP contribution >= 0.6 is 0 Å². The Bertz CT molecular complexity index is 368. The number of aromatic nitrogens is 1. The van der Waals surface area contributed by atoms with Gasteiger partial charge in [-0.05, 0) is 0 Å². The van der Waals surface area contributed by atoms with Crippen molar-refractivity contribution in [3.8, 4) is 0 Å². The first-order chi connectivity index (χ1) is 7.30. The molecule has 1 aromatic heterocycles. The molecule has 2 N–H and O–H groups in total. The number of rotatable bonds is 2. The Hall–Kier alpha value is -1.78. The number of hydrogen-bond donors (Lipinski definition) is 1. The van der Waals surface area contributed by atoms with Crippen molar-refractivity contribution in [3.63, 3.8) is 0 Å². The van der Waals surface area contributed by atoms with Gasteiger partial charge in [-0.2, -0.15) is 4.73 Å². The average Bonchev–Trinajstić information content (AvgIpc) is 2.14. The second-order valence-electron chi connectivity index (χ2n) is 4.67. The molecule has 5 nitrogen and oxygen atoms in total. The summed E-state index contributed by atoms with van der Waals surface area (Å²) in [6.45, 7) is 5.79. The highest BCUT2D eigenvalue weighted by Gasteiger charge is 2.29. The molecule has 16 heavy (non-hydrogen) atoms. The Morgan fingerprint density at radius 3 is 2.31 bits per heavy atom. The molecule has 0 spiro atoms. The summed E-state index contributed by atoms with van der Waals surface area (Å²) in [5.41, 5.74) is 5.49. The molecular weight excluding hydrogens is 208 g/mol. The number of nitrogens with zero attached hydrogens (tertiary/aromatic N) is 1. The van der Waals surface area contributed by atoms with Crippen LogP contribution in [-0.4, -0.2) is 6.09 Å². The minimum absolute atomic E-state index is 0.288. The third-order valence-corrected chi connectivity index (χ3v) is 2.15. The fraction of sp³-hybridized carbons (Fsp3) is 0.455. The van der Waals surface area contributed by atoms with Crippen LogP contribution < -0.4 is 10.5 Å². The summed E-state index contributed by atoms with van der Waals surface area (Å²) < 4.78 is 5.74. The summed E-state index contributed by atoms with van der Waals surface area (Å²) in [6.07, 6.45) is 1.43. The van der Waals surface area contributed by atoms with Gasteiger partial charge in [0.1, 0.15) is 6.10 Å². The maximum Gasteiger partial charge on any atom is 0.405 e. The summed E-state index contributed by atoms with van der Waals surface area (Å²) in [7, 11) is 0. The van der Waals surface area contributed by atoms with Gasteiger partial charge in [-0.3, -0.25) is 0 Å². The van der Waals surface area contributed by atoms with Gasteiger partial charge in [0.25, 0.3) is 0 Å². The lowest BCUT2D eigenvalue weighted by atomic mass is 9.85. The molecular formula is C11H16N2O3. The van der Waals surface area contributed by atoms with E-state index in [9.17, 15) is 10.0 Å². The summed E-state index contributed by atoms with van der Waals surface area (Å²) in [6, 6.07) is 3.23. The third kappa shape index (κ3) is 3.12. The fourth-order valence-corrected chi connectivity index (χ4v) is 1.46. The standard InChI is InChI=1S/C11H16N2O3/c1-11(2,3)9(16-10(12)14)8-4-6-13(15)7-5-8/h4-7,9H,1-3H3,(H2,12,14). The van der Waals surface area contributed by atoms with E-state index in [1.807, 2.05) is 20.8 Å². The molecule has 0 saturated carbocycles. The number of ether oxygens (including phenoxy) is 1. The Morgan fingerprint density at radius 1 is 1.44 bits per heavy atom. The largest absolute Gasteiger partial charge is 0.619 e. The van der Waals surface area contributed by atoms with Crippen molar-refractivity contribution in [2.45, 2.75) is 26.9 Å². The molecule has 0 saturated heterocycles. The summed E-state index contributed by atoms with van der Waals surface area (Å²) in [5.74, 6) is 0. The molecule has 0 aliphatic rings. The van der Waals surface area contributed by atoms with E-state index in [4.69, 9.17) is 10.5 Å². The molecule has 0 radical (unpaired) electrons. The average molecular weight is 224 g/mol. The summed E-state index contributed by atoms with van der Waals surface area (Å²) in [4.78, 5) is 10.8. The molecule has 1 rings (SSSR count). The van der Waals surface area contributed by atoms with Gasteiger partial charge >= 0.3 is 6.09 Å². The molecule has 0 aromatic carbocycles. The Morgan fingerprint density at radius 2 is 1.94 bits per heavy atom. The number of amides is 1. The molecule has 5 heteroatoms. The van der Waals surface area contributed by atoms with Gasteiger partial charge in [0.05, 0.1) is 0 Å². The summed E-state index contributed by atoms with van der Waals surface area (Å²) >= 11 is 0. The smallest absolute Gasteiger partial charge is 0.405 e. The van der Waals surface area contributed by atoms with Crippen LogP contribution in [0.2, 0.25) is 0 Å². The monoisotopic (exact) mass is 224 g/mol. The van der Waals surface area contributed by atoms with E-state index in [-0.39, 0.29) is 5.41 Å². The fourth-order valence-electron chi connectivity index (χ4n) is 1.46.